The third-order valence-corrected chi connectivity index (χ3v) is 11.5. The van der Waals surface area contributed by atoms with Crippen molar-refractivity contribution >= 4 is 52.3 Å². The van der Waals surface area contributed by atoms with Gasteiger partial charge in [0, 0.05) is 5.41 Å². The number of aliphatic carboxylic acids is 1. The molecule has 0 aromatic carbocycles. The summed E-state index contributed by atoms with van der Waals surface area (Å²) in [5.74, 6) is -4.62. The van der Waals surface area contributed by atoms with Crippen molar-refractivity contribution < 1.29 is 34.1 Å². The lowest BCUT2D eigenvalue weighted by atomic mass is 9.43. The van der Waals surface area contributed by atoms with Gasteiger partial charge in [0.25, 0.3) is 0 Å². The maximum absolute atomic E-state index is 15.7. The Morgan fingerprint density at radius 2 is 1.88 bits per heavy atom. The summed E-state index contributed by atoms with van der Waals surface area (Å²) in [6.07, 6.45) is -0.705. The van der Waals surface area contributed by atoms with Crippen LogP contribution in [0.3, 0.4) is 0 Å². The van der Waals surface area contributed by atoms with Gasteiger partial charge < -0.3 is 15.3 Å². The number of Topliss-reactive ketones (excluding diaryl/α,β-unsaturated/α-hetero) is 1. The Labute approximate surface area is 212 Å². The summed E-state index contributed by atoms with van der Waals surface area (Å²) < 4.78 is 15.7. The highest BCUT2D eigenvalue weighted by Gasteiger charge is 2.77. The van der Waals surface area contributed by atoms with Gasteiger partial charge in [-0.05, 0) is 60.2 Å². The molecule has 4 aliphatic rings. The Morgan fingerprint density at radius 1 is 1.26 bits per heavy atom. The van der Waals surface area contributed by atoms with E-state index < -0.39 is 80.7 Å². The van der Waals surface area contributed by atoms with Crippen LogP contribution >= 0.6 is 34.8 Å². The largest absolute Gasteiger partial charge is 0.479 e. The molecule has 1 unspecified atom stereocenters. The zero-order valence-corrected chi connectivity index (χ0v) is 21.3. The van der Waals surface area contributed by atoms with Crippen LogP contribution in [0.15, 0.2) is 22.8 Å². The predicted molar refractivity (Wildman–Crippen MR) is 125 cm³/mol. The molecular weight excluding hydrogens is 510 g/mol. The number of ketones is 2. The number of hydrogen-bond donors (Lipinski definition) is 3. The number of aliphatic hydroxyl groups excluding tert-OH is 2. The molecule has 3 fully saturated rings. The van der Waals surface area contributed by atoms with Crippen LogP contribution in [0, 0.1) is 34.0 Å². The molecule has 10 heteroatoms. The second kappa shape index (κ2) is 8.01. The quantitative estimate of drug-likeness (QED) is 0.472. The molecule has 188 valence electrons. The summed E-state index contributed by atoms with van der Waals surface area (Å²) in [7, 11) is 0. The van der Waals surface area contributed by atoms with Crippen LogP contribution in [0.4, 0.5) is 4.39 Å². The highest BCUT2D eigenvalue weighted by molar-refractivity contribution is 6.45. The topological polar surface area (TPSA) is 112 Å². The van der Waals surface area contributed by atoms with Crippen molar-refractivity contribution in [3.05, 3.63) is 22.8 Å². The Hall–Kier alpha value is -0.990. The SMILES string of the molecule is C[C@H]1C[C@H]2[C@@H]3C[C@@H](F)C4=CC(=O)C(Cl)=C[C@]4(C)[C@@]3(Cl)[C@@H](Cl)C[C@]2(C)[C@]1(C(=O)CO)C(O)C(=O)O. The number of fused-ring (bicyclic) bond motifs is 5. The second-order valence-electron chi connectivity index (χ2n) is 10.8. The molecule has 0 spiro atoms. The summed E-state index contributed by atoms with van der Waals surface area (Å²) in [5.41, 5.74) is -4.01. The van der Waals surface area contributed by atoms with Gasteiger partial charge in [0.1, 0.15) is 12.8 Å². The molecular formula is C24H28Cl3FO6. The minimum Gasteiger partial charge on any atom is -0.479 e. The molecule has 6 nitrogen and oxygen atoms in total. The van der Waals surface area contributed by atoms with E-state index in [0.717, 1.165) is 0 Å². The lowest BCUT2D eigenvalue weighted by Crippen LogP contribution is -2.69. The van der Waals surface area contributed by atoms with Crippen LogP contribution in [0.5, 0.6) is 0 Å². The summed E-state index contributed by atoms with van der Waals surface area (Å²) in [6, 6.07) is 0. The Bertz CT molecular complexity index is 1030. The first-order chi connectivity index (χ1) is 15.6. The average Bonchev–Trinajstić information content (AvgIpc) is 2.98. The molecule has 0 aliphatic heterocycles. The molecule has 34 heavy (non-hydrogen) atoms. The standard InChI is InChI=1S/C24H28Cl3FO6/c1-10-4-11-12-5-15(28)13-6-16(30)14(25)7-22(13,3)24(12,27)17(26)8-21(11,2)23(10,18(31)9-29)19(32)20(33)34/h6-7,10-12,15,17,19,29,32H,4-5,8-9H2,1-3H3,(H,33,34)/t10-,11-,12-,15+,17-,19?,21-,22-,23+,24-/m0/s1. The van der Waals surface area contributed by atoms with Gasteiger partial charge in [-0.2, -0.15) is 0 Å². The van der Waals surface area contributed by atoms with Crippen LogP contribution in [-0.4, -0.2) is 62.0 Å². The van der Waals surface area contributed by atoms with Crippen molar-refractivity contribution in [3.63, 3.8) is 0 Å². The third kappa shape index (κ3) is 2.85. The first kappa shape index (κ1) is 26.1. The highest BCUT2D eigenvalue weighted by Crippen LogP contribution is 2.75. The van der Waals surface area contributed by atoms with Crippen molar-refractivity contribution in [2.45, 2.75) is 62.6 Å². The van der Waals surface area contributed by atoms with Crippen molar-refractivity contribution in [3.8, 4) is 0 Å². The van der Waals surface area contributed by atoms with E-state index in [1.165, 1.54) is 12.2 Å². The van der Waals surface area contributed by atoms with E-state index in [0.29, 0.717) is 0 Å². The Morgan fingerprint density at radius 3 is 2.44 bits per heavy atom. The molecule has 0 saturated heterocycles. The minimum absolute atomic E-state index is 0.0405. The molecule has 0 heterocycles. The summed E-state index contributed by atoms with van der Waals surface area (Å²) in [4.78, 5) is 36.2. The molecule has 10 atom stereocenters. The second-order valence-corrected chi connectivity index (χ2v) is 12.3. The first-order valence-corrected chi connectivity index (χ1v) is 12.5. The lowest BCUT2D eigenvalue weighted by Gasteiger charge is -2.65. The maximum atomic E-state index is 15.7. The van der Waals surface area contributed by atoms with Crippen molar-refractivity contribution in [1.29, 1.82) is 0 Å². The normalized spacial score (nSPS) is 48.7. The van der Waals surface area contributed by atoms with Gasteiger partial charge in [0.2, 0.25) is 0 Å². The van der Waals surface area contributed by atoms with Crippen molar-refractivity contribution in [2.75, 3.05) is 6.61 Å². The third-order valence-electron chi connectivity index (χ3n) is 9.63. The number of carbonyl (C=O) groups is 3. The lowest BCUT2D eigenvalue weighted by molar-refractivity contribution is -0.181. The first-order valence-electron chi connectivity index (χ1n) is 11.3. The van der Waals surface area contributed by atoms with Crippen molar-refractivity contribution in [1.82, 2.24) is 0 Å². The van der Waals surface area contributed by atoms with Crippen LogP contribution in [0.1, 0.15) is 40.0 Å². The summed E-state index contributed by atoms with van der Waals surface area (Å²) in [5, 5.41) is 29.5. The molecule has 3 N–H and O–H groups in total. The zero-order chi connectivity index (χ0) is 25.6. The van der Waals surface area contributed by atoms with Gasteiger partial charge in [-0.1, -0.05) is 32.4 Å². The molecule has 4 rings (SSSR count). The number of halogens is 4. The van der Waals surface area contributed by atoms with Gasteiger partial charge >= 0.3 is 5.97 Å². The van der Waals surface area contributed by atoms with Gasteiger partial charge in [0.05, 0.1) is 20.7 Å². The number of carboxylic acids is 1. The molecule has 0 aromatic rings. The Kier molecular flexibility index (Phi) is 6.14. The summed E-state index contributed by atoms with van der Waals surface area (Å²) >= 11 is 20.6. The summed E-state index contributed by atoms with van der Waals surface area (Å²) in [6.45, 7) is 4.12. The van der Waals surface area contributed by atoms with Crippen LogP contribution < -0.4 is 0 Å². The smallest absolute Gasteiger partial charge is 0.333 e. The number of allylic oxidation sites excluding steroid dienone is 4. The number of aliphatic hydroxyl groups is 2. The van der Waals surface area contributed by atoms with E-state index in [2.05, 4.69) is 0 Å². The van der Waals surface area contributed by atoms with E-state index in [1.54, 1.807) is 20.8 Å². The Balaban J connectivity index is 1.93. The van der Waals surface area contributed by atoms with Gasteiger partial charge in [-0.25, -0.2) is 9.18 Å². The highest BCUT2D eigenvalue weighted by atomic mass is 35.5. The minimum atomic E-state index is -2.08. The van der Waals surface area contributed by atoms with E-state index in [4.69, 9.17) is 34.8 Å². The number of alkyl halides is 3. The fraction of sp³-hybridized carbons (Fsp3) is 0.708. The van der Waals surface area contributed by atoms with E-state index in [1.807, 2.05) is 0 Å². The molecule has 0 amide bonds. The molecule has 0 aromatic heterocycles. The number of rotatable bonds is 4. The van der Waals surface area contributed by atoms with Crippen molar-refractivity contribution in [2.24, 2.45) is 34.0 Å². The van der Waals surface area contributed by atoms with Gasteiger partial charge in [-0.3, -0.25) is 9.59 Å². The average molecular weight is 538 g/mol. The fourth-order valence-corrected chi connectivity index (χ4v) is 9.70. The molecule has 0 radical (unpaired) electrons. The van der Waals surface area contributed by atoms with Crippen LogP contribution in [-0.2, 0) is 14.4 Å². The van der Waals surface area contributed by atoms with E-state index >= 15 is 4.39 Å². The van der Waals surface area contributed by atoms with E-state index in [9.17, 15) is 29.7 Å². The fourth-order valence-electron chi connectivity index (χ4n) is 8.24. The number of carboxylic acid groups (broad SMARTS) is 1. The molecule has 0 bridgehead atoms. The monoisotopic (exact) mass is 536 g/mol. The van der Waals surface area contributed by atoms with Crippen LogP contribution in [0.2, 0.25) is 0 Å². The van der Waals surface area contributed by atoms with E-state index in [-0.39, 0.29) is 29.9 Å². The van der Waals surface area contributed by atoms with Gasteiger partial charge in [0.15, 0.2) is 17.7 Å². The van der Waals surface area contributed by atoms with Crippen LogP contribution in [0.25, 0.3) is 0 Å². The molecule has 3 saturated carbocycles. The van der Waals surface area contributed by atoms with Gasteiger partial charge in [-0.15, -0.1) is 23.2 Å². The zero-order valence-electron chi connectivity index (χ0n) is 19.0. The predicted octanol–water partition coefficient (Wildman–Crippen LogP) is 3.63. The maximum Gasteiger partial charge on any atom is 0.333 e. The molecule has 4 aliphatic carbocycles. The number of carbonyl (C=O) groups excluding carboxylic acids is 2. The number of hydrogen-bond acceptors (Lipinski definition) is 5.